The molecule has 2 amide bonds. The number of anilines is 1. The van der Waals surface area contributed by atoms with Crippen LogP contribution in [0.25, 0.3) is 5.57 Å². The molecule has 1 aliphatic heterocycles. The molecule has 7 heteroatoms. The SMILES string of the molecule is COc1ccc(N2C(=O)C(SCCO)=C(c3ccc(OC(C)C)cc3)C2=O)cc1. The molecule has 6 nitrogen and oxygen atoms in total. The van der Waals surface area contributed by atoms with Gasteiger partial charge in [-0.3, -0.25) is 9.59 Å². The van der Waals surface area contributed by atoms with E-state index in [0.717, 1.165) is 4.90 Å². The van der Waals surface area contributed by atoms with Crippen molar-refractivity contribution in [3.05, 3.63) is 59.0 Å². The third-order valence-electron chi connectivity index (χ3n) is 4.22. The minimum Gasteiger partial charge on any atom is -0.497 e. The zero-order valence-corrected chi connectivity index (χ0v) is 17.4. The summed E-state index contributed by atoms with van der Waals surface area (Å²) < 4.78 is 10.8. The number of thioether (sulfide) groups is 1. The first-order valence-electron chi connectivity index (χ1n) is 9.24. The van der Waals surface area contributed by atoms with Gasteiger partial charge in [0, 0.05) is 5.75 Å². The van der Waals surface area contributed by atoms with Crippen molar-refractivity contribution in [2.45, 2.75) is 20.0 Å². The normalized spacial score (nSPS) is 14.2. The molecule has 0 spiro atoms. The van der Waals surface area contributed by atoms with Crippen LogP contribution in [0.2, 0.25) is 0 Å². The molecule has 0 bridgehead atoms. The van der Waals surface area contributed by atoms with E-state index in [1.807, 2.05) is 13.8 Å². The number of imide groups is 1. The predicted molar refractivity (Wildman–Crippen MR) is 114 cm³/mol. The standard InChI is InChI=1S/C22H23NO5S/c1-14(2)28-18-8-4-15(5-9-18)19-20(29-13-12-24)22(26)23(21(19)25)16-6-10-17(27-3)11-7-16/h4-11,14,24H,12-13H2,1-3H3. The molecule has 29 heavy (non-hydrogen) atoms. The number of methoxy groups -OCH3 is 1. The van der Waals surface area contributed by atoms with Gasteiger partial charge in [-0.15, -0.1) is 11.8 Å². The van der Waals surface area contributed by atoms with Crippen LogP contribution in [0.1, 0.15) is 19.4 Å². The maximum atomic E-state index is 13.2. The summed E-state index contributed by atoms with van der Waals surface area (Å²) >= 11 is 1.18. The van der Waals surface area contributed by atoms with E-state index in [0.29, 0.717) is 39.0 Å². The van der Waals surface area contributed by atoms with E-state index in [4.69, 9.17) is 9.47 Å². The van der Waals surface area contributed by atoms with Gasteiger partial charge in [0.25, 0.3) is 11.8 Å². The number of aliphatic hydroxyl groups excluding tert-OH is 1. The molecular weight excluding hydrogens is 390 g/mol. The second-order valence-corrected chi connectivity index (χ2v) is 7.72. The van der Waals surface area contributed by atoms with Gasteiger partial charge in [-0.1, -0.05) is 12.1 Å². The molecule has 1 aliphatic rings. The highest BCUT2D eigenvalue weighted by Crippen LogP contribution is 2.39. The summed E-state index contributed by atoms with van der Waals surface area (Å²) in [5, 5.41) is 9.21. The number of carbonyl (C=O) groups is 2. The monoisotopic (exact) mass is 413 g/mol. The first kappa shape index (κ1) is 21.0. The van der Waals surface area contributed by atoms with Gasteiger partial charge in [-0.2, -0.15) is 0 Å². The Morgan fingerprint density at radius 1 is 0.966 bits per heavy atom. The van der Waals surface area contributed by atoms with Crippen LogP contribution < -0.4 is 14.4 Å². The number of nitrogens with zero attached hydrogens (tertiary/aromatic N) is 1. The maximum Gasteiger partial charge on any atom is 0.272 e. The third kappa shape index (κ3) is 4.46. The molecule has 2 aromatic carbocycles. The Labute approximate surface area is 174 Å². The van der Waals surface area contributed by atoms with Gasteiger partial charge in [0.15, 0.2) is 0 Å². The topological polar surface area (TPSA) is 76.1 Å². The summed E-state index contributed by atoms with van der Waals surface area (Å²) in [7, 11) is 1.55. The molecule has 2 aromatic rings. The summed E-state index contributed by atoms with van der Waals surface area (Å²) in [5.41, 5.74) is 1.44. The number of hydrogen-bond donors (Lipinski definition) is 1. The second-order valence-electron chi connectivity index (χ2n) is 6.61. The van der Waals surface area contributed by atoms with E-state index < -0.39 is 11.8 Å². The minimum atomic E-state index is -0.392. The number of aliphatic hydroxyl groups is 1. The molecule has 0 aliphatic carbocycles. The quantitative estimate of drug-likeness (QED) is 0.668. The zero-order valence-electron chi connectivity index (χ0n) is 16.5. The third-order valence-corrected chi connectivity index (χ3v) is 5.28. The van der Waals surface area contributed by atoms with Gasteiger partial charge in [0.2, 0.25) is 0 Å². The lowest BCUT2D eigenvalue weighted by Gasteiger charge is -2.15. The molecular formula is C22H23NO5S. The summed E-state index contributed by atoms with van der Waals surface area (Å²) in [5.74, 6) is 0.867. The van der Waals surface area contributed by atoms with E-state index in [1.165, 1.54) is 11.8 Å². The van der Waals surface area contributed by atoms with Gasteiger partial charge in [-0.05, 0) is 55.8 Å². The van der Waals surface area contributed by atoms with Crippen LogP contribution in [0.15, 0.2) is 53.4 Å². The molecule has 0 saturated heterocycles. The minimum absolute atomic E-state index is 0.0380. The summed E-state index contributed by atoms with van der Waals surface area (Å²) in [6.45, 7) is 3.78. The first-order chi connectivity index (χ1) is 14.0. The Morgan fingerprint density at radius 3 is 2.14 bits per heavy atom. The van der Waals surface area contributed by atoms with Gasteiger partial charge >= 0.3 is 0 Å². The van der Waals surface area contributed by atoms with Crippen LogP contribution in [0.3, 0.4) is 0 Å². The Balaban J connectivity index is 1.97. The smallest absolute Gasteiger partial charge is 0.272 e. The average molecular weight is 413 g/mol. The molecule has 0 atom stereocenters. The molecule has 0 radical (unpaired) electrons. The lowest BCUT2D eigenvalue weighted by molar-refractivity contribution is -0.119. The average Bonchev–Trinajstić information content (AvgIpc) is 2.96. The summed E-state index contributed by atoms with van der Waals surface area (Å²) in [6.07, 6.45) is 0.0380. The zero-order chi connectivity index (χ0) is 21.0. The van der Waals surface area contributed by atoms with E-state index in [-0.39, 0.29) is 12.7 Å². The molecule has 1 N–H and O–H groups in total. The fraction of sp³-hybridized carbons (Fsp3) is 0.273. The van der Waals surface area contributed by atoms with E-state index in [1.54, 1.807) is 55.6 Å². The van der Waals surface area contributed by atoms with Crippen molar-refractivity contribution in [3.8, 4) is 11.5 Å². The van der Waals surface area contributed by atoms with Crippen molar-refractivity contribution in [2.24, 2.45) is 0 Å². The molecule has 0 aromatic heterocycles. The van der Waals surface area contributed by atoms with E-state index in [9.17, 15) is 14.7 Å². The fourth-order valence-corrected chi connectivity index (χ4v) is 3.84. The first-order valence-corrected chi connectivity index (χ1v) is 10.2. The van der Waals surface area contributed by atoms with Crippen LogP contribution in [0.5, 0.6) is 11.5 Å². The molecule has 0 saturated carbocycles. The van der Waals surface area contributed by atoms with Gasteiger partial charge in [-0.25, -0.2) is 4.90 Å². The number of carbonyl (C=O) groups excluding carboxylic acids is 2. The van der Waals surface area contributed by atoms with Crippen LogP contribution in [-0.4, -0.2) is 42.5 Å². The van der Waals surface area contributed by atoms with Gasteiger partial charge in [0.1, 0.15) is 11.5 Å². The predicted octanol–water partition coefficient (Wildman–Crippen LogP) is 3.49. The van der Waals surface area contributed by atoms with E-state index in [2.05, 4.69) is 0 Å². The molecule has 0 fully saturated rings. The number of amides is 2. The van der Waals surface area contributed by atoms with Gasteiger partial charge < -0.3 is 14.6 Å². The Bertz CT molecular complexity index is 919. The highest BCUT2D eigenvalue weighted by molar-refractivity contribution is 8.04. The van der Waals surface area contributed by atoms with Crippen molar-refractivity contribution in [3.63, 3.8) is 0 Å². The molecule has 3 rings (SSSR count). The highest BCUT2D eigenvalue weighted by atomic mass is 32.2. The molecule has 0 unspecified atom stereocenters. The van der Waals surface area contributed by atoms with Crippen LogP contribution >= 0.6 is 11.8 Å². The maximum absolute atomic E-state index is 13.2. The van der Waals surface area contributed by atoms with Gasteiger partial charge in [0.05, 0.1) is 36.0 Å². The Hall–Kier alpha value is -2.77. The summed E-state index contributed by atoms with van der Waals surface area (Å²) in [4.78, 5) is 27.8. The second kappa shape index (κ2) is 9.15. The van der Waals surface area contributed by atoms with Crippen LogP contribution in [-0.2, 0) is 9.59 Å². The van der Waals surface area contributed by atoms with Crippen molar-refractivity contribution >= 4 is 34.8 Å². The van der Waals surface area contributed by atoms with Crippen LogP contribution in [0.4, 0.5) is 5.69 Å². The van der Waals surface area contributed by atoms with Crippen molar-refractivity contribution < 1.29 is 24.2 Å². The number of rotatable bonds is 8. The lowest BCUT2D eigenvalue weighted by atomic mass is 10.1. The fourth-order valence-electron chi connectivity index (χ4n) is 2.98. The molecule has 152 valence electrons. The lowest BCUT2D eigenvalue weighted by Crippen LogP contribution is -2.31. The molecule has 1 heterocycles. The van der Waals surface area contributed by atoms with Crippen molar-refractivity contribution in [1.29, 1.82) is 0 Å². The van der Waals surface area contributed by atoms with E-state index >= 15 is 0 Å². The van der Waals surface area contributed by atoms with Crippen LogP contribution in [0, 0.1) is 0 Å². The number of ether oxygens (including phenoxy) is 2. The Kier molecular flexibility index (Phi) is 6.61. The van der Waals surface area contributed by atoms with Crippen molar-refractivity contribution in [2.75, 3.05) is 24.4 Å². The van der Waals surface area contributed by atoms with Crippen molar-refractivity contribution in [1.82, 2.24) is 0 Å². The largest absolute Gasteiger partial charge is 0.497 e. The summed E-state index contributed by atoms with van der Waals surface area (Å²) in [6, 6.07) is 13.9. The Morgan fingerprint density at radius 2 is 1.59 bits per heavy atom. The number of hydrogen-bond acceptors (Lipinski definition) is 6. The number of benzene rings is 2. The highest BCUT2D eigenvalue weighted by Gasteiger charge is 2.40.